The van der Waals surface area contributed by atoms with Crippen LogP contribution in [0.25, 0.3) is 0 Å². The first-order valence-electron chi connectivity index (χ1n) is 7.20. The minimum absolute atomic E-state index is 0.118. The fourth-order valence-electron chi connectivity index (χ4n) is 4.10. The predicted octanol–water partition coefficient (Wildman–Crippen LogP) is 4.43. The summed E-state index contributed by atoms with van der Waals surface area (Å²) in [6.45, 7) is 9.39. The molecule has 98 valence electrons. The lowest BCUT2D eigenvalue weighted by Gasteiger charge is -2.51. The number of methoxy groups -OCH3 is 1. The molecule has 0 saturated heterocycles. The van der Waals surface area contributed by atoms with Crippen LogP contribution in [0.3, 0.4) is 0 Å². The summed E-state index contributed by atoms with van der Waals surface area (Å²) < 4.78 is 5.88. The van der Waals surface area contributed by atoms with Gasteiger partial charge in [0.25, 0.3) is 0 Å². The molecule has 0 aromatic rings. The molecule has 2 aliphatic carbocycles. The van der Waals surface area contributed by atoms with Crippen LogP contribution in [0.15, 0.2) is 11.6 Å². The van der Waals surface area contributed by atoms with Gasteiger partial charge in [-0.05, 0) is 63.2 Å². The predicted molar refractivity (Wildman–Crippen MR) is 72.9 cm³/mol. The molecule has 0 bridgehead atoms. The molecule has 1 heteroatoms. The molecule has 0 aliphatic heterocycles. The van der Waals surface area contributed by atoms with E-state index in [-0.39, 0.29) is 5.60 Å². The second-order valence-corrected chi connectivity index (χ2v) is 6.70. The standard InChI is InChI=1S/C16H28O/c1-11(2)13-8-9-16(4,17-5)15-7-6-12(3)10-14(13)15/h10-11,13-15H,6-9H2,1-5H3/t13-,14-,15+,16+/m0/s1. The van der Waals surface area contributed by atoms with Gasteiger partial charge in [-0.2, -0.15) is 0 Å². The Hall–Kier alpha value is -0.300. The minimum Gasteiger partial charge on any atom is -0.378 e. The summed E-state index contributed by atoms with van der Waals surface area (Å²) in [6.07, 6.45) is 7.72. The van der Waals surface area contributed by atoms with Crippen LogP contribution < -0.4 is 0 Å². The highest BCUT2D eigenvalue weighted by atomic mass is 16.5. The molecular weight excluding hydrogens is 208 g/mol. The van der Waals surface area contributed by atoms with E-state index in [2.05, 4.69) is 33.8 Å². The van der Waals surface area contributed by atoms with Crippen molar-refractivity contribution in [3.05, 3.63) is 11.6 Å². The van der Waals surface area contributed by atoms with Gasteiger partial charge in [0.15, 0.2) is 0 Å². The van der Waals surface area contributed by atoms with Crippen LogP contribution in [0.4, 0.5) is 0 Å². The van der Waals surface area contributed by atoms with Crippen molar-refractivity contribution in [2.75, 3.05) is 7.11 Å². The Morgan fingerprint density at radius 1 is 1.35 bits per heavy atom. The Kier molecular flexibility index (Phi) is 3.68. The van der Waals surface area contributed by atoms with Crippen molar-refractivity contribution in [3.8, 4) is 0 Å². The molecular formula is C16H28O. The highest BCUT2D eigenvalue weighted by molar-refractivity contribution is 5.14. The van der Waals surface area contributed by atoms with Gasteiger partial charge in [-0.15, -0.1) is 0 Å². The molecule has 4 atom stereocenters. The average molecular weight is 236 g/mol. The van der Waals surface area contributed by atoms with E-state index in [0.717, 1.165) is 23.7 Å². The Morgan fingerprint density at radius 2 is 2.06 bits per heavy atom. The highest BCUT2D eigenvalue weighted by Crippen LogP contribution is 2.50. The number of ether oxygens (including phenoxy) is 1. The number of hydrogen-bond acceptors (Lipinski definition) is 1. The molecule has 0 radical (unpaired) electrons. The smallest absolute Gasteiger partial charge is 0.0684 e. The maximum atomic E-state index is 5.88. The zero-order valence-corrected chi connectivity index (χ0v) is 12.1. The van der Waals surface area contributed by atoms with Gasteiger partial charge in [0.1, 0.15) is 0 Å². The van der Waals surface area contributed by atoms with Crippen molar-refractivity contribution in [3.63, 3.8) is 0 Å². The molecule has 0 heterocycles. The highest BCUT2D eigenvalue weighted by Gasteiger charge is 2.47. The Morgan fingerprint density at radius 3 is 2.65 bits per heavy atom. The largest absolute Gasteiger partial charge is 0.378 e. The lowest BCUT2D eigenvalue weighted by Crippen LogP contribution is -2.49. The normalized spacial score (nSPS) is 42.2. The number of fused-ring (bicyclic) bond motifs is 1. The second-order valence-electron chi connectivity index (χ2n) is 6.70. The molecule has 1 nitrogen and oxygen atoms in total. The summed E-state index contributed by atoms with van der Waals surface area (Å²) >= 11 is 0. The van der Waals surface area contributed by atoms with Crippen LogP contribution >= 0.6 is 0 Å². The molecule has 17 heavy (non-hydrogen) atoms. The number of hydrogen-bond donors (Lipinski definition) is 0. The maximum Gasteiger partial charge on any atom is 0.0684 e. The van der Waals surface area contributed by atoms with Crippen LogP contribution in [0, 0.1) is 23.7 Å². The van der Waals surface area contributed by atoms with Gasteiger partial charge >= 0.3 is 0 Å². The van der Waals surface area contributed by atoms with Gasteiger partial charge in [0.2, 0.25) is 0 Å². The molecule has 1 saturated carbocycles. The molecule has 0 aromatic heterocycles. The third-order valence-corrected chi connectivity index (χ3v) is 5.37. The third-order valence-electron chi connectivity index (χ3n) is 5.37. The fraction of sp³-hybridized carbons (Fsp3) is 0.875. The van der Waals surface area contributed by atoms with E-state index in [9.17, 15) is 0 Å². The number of rotatable bonds is 2. The average Bonchev–Trinajstić information content (AvgIpc) is 2.28. The summed E-state index contributed by atoms with van der Waals surface area (Å²) in [5, 5.41) is 0. The fourth-order valence-corrected chi connectivity index (χ4v) is 4.10. The maximum absolute atomic E-state index is 5.88. The molecule has 0 aromatic carbocycles. The Bertz CT molecular complexity index is 305. The Labute approximate surface area is 107 Å². The van der Waals surface area contributed by atoms with Crippen LogP contribution in [0.5, 0.6) is 0 Å². The summed E-state index contributed by atoms with van der Waals surface area (Å²) in [5.41, 5.74) is 1.71. The van der Waals surface area contributed by atoms with Gasteiger partial charge < -0.3 is 4.74 Å². The van der Waals surface area contributed by atoms with E-state index in [1.165, 1.54) is 25.7 Å². The first kappa shape index (κ1) is 13.1. The van der Waals surface area contributed by atoms with Crippen LogP contribution in [0.2, 0.25) is 0 Å². The zero-order chi connectivity index (χ0) is 12.6. The second kappa shape index (κ2) is 4.76. The van der Waals surface area contributed by atoms with Gasteiger partial charge in [-0.25, -0.2) is 0 Å². The Balaban J connectivity index is 2.29. The molecule has 0 spiro atoms. The van der Waals surface area contributed by atoms with Crippen molar-refractivity contribution in [2.24, 2.45) is 23.7 Å². The molecule has 1 fully saturated rings. The van der Waals surface area contributed by atoms with Crippen LogP contribution in [-0.4, -0.2) is 12.7 Å². The van der Waals surface area contributed by atoms with Crippen molar-refractivity contribution in [1.82, 2.24) is 0 Å². The minimum atomic E-state index is 0.118. The van der Waals surface area contributed by atoms with Gasteiger partial charge in [-0.1, -0.05) is 25.5 Å². The van der Waals surface area contributed by atoms with Crippen molar-refractivity contribution >= 4 is 0 Å². The first-order chi connectivity index (χ1) is 7.98. The lowest BCUT2D eigenvalue weighted by atomic mass is 9.58. The monoisotopic (exact) mass is 236 g/mol. The van der Waals surface area contributed by atoms with Gasteiger partial charge in [-0.3, -0.25) is 0 Å². The summed E-state index contributed by atoms with van der Waals surface area (Å²) in [7, 11) is 1.90. The van der Waals surface area contributed by atoms with Crippen molar-refractivity contribution in [1.29, 1.82) is 0 Å². The molecule has 0 amide bonds. The molecule has 0 unspecified atom stereocenters. The molecule has 0 N–H and O–H groups in total. The third kappa shape index (κ3) is 2.31. The zero-order valence-electron chi connectivity index (χ0n) is 12.1. The van der Waals surface area contributed by atoms with E-state index < -0.39 is 0 Å². The van der Waals surface area contributed by atoms with E-state index >= 15 is 0 Å². The van der Waals surface area contributed by atoms with Crippen molar-refractivity contribution in [2.45, 2.75) is 59.0 Å². The number of allylic oxidation sites excluding steroid dienone is 2. The van der Waals surface area contributed by atoms with Gasteiger partial charge in [0, 0.05) is 7.11 Å². The van der Waals surface area contributed by atoms with E-state index in [1.807, 2.05) is 7.11 Å². The van der Waals surface area contributed by atoms with Crippen LogP contribution in [-0.2, 0) is 4.74 Å². The van der Waals surface area contributed by atoms with Crippen LogP contribution in [0.1, 0.15) is 53.4 Å². The summed E-state index contributed by atoms with van der Waals surface area (Å²) in [6, 6.07) is 0. The quantitative estimate of drug-likeness (QED) is 0.644. The van der Waals surface area contributed by atoms with Gasteiger partial charge in [0.05, 0.1) is 5.60 Å². The topological polar surface area (TPSA) is 9.23 Å². The SMILES string of the molecule is CO[C@]1(C)CC[C@@H](C(C)C)[C@@H]2C=C(C)CC[C@H]21. The lowest BCUT2D eigenvalue weighted by molar-refractivity contribution is -0.107. The molecule has 2 rings (SSSR count). The summed E-state index contributed by atoms with van der Waals surface area (Å²) in [4.78, 5) is 0. The summed E-state index contributed by atoms with van der Waals surface area (Å²) in [5.74, 6) is 3.14. The van der Waals surface area contributed by atoms with E-state index in [0.29, 0.717) is 0 Å². The first-order valence-corrected chi connectivity index (χ1v) is 7.20. The van der Waals surface area contributed by atoms with Crippen molar-refractivity contribution < 1.29 is 4.74 Å². The molecule has 2 aliphatic rings. The van der Waals surface area contributed by atoms with E-state index in [1.54, 1.807) is 5.57 Å². The van der Waals surface area contributed by atoms with E-state index in [4.69, 9.17) is 4.74 Å².